The van der Waals surface area contributed by atoms with Gasteiger partial charge in [0.1, 0.15) is 5.75 Å². The van der Waals surface area contributed by atoms with Crippen molar-refractivity contribution in [2.24, 2.45) is 5.41 Å². The molecule has 0 radical (unpaired) electrons. The lowest BCUT2D eigenvalue weighted by atomic mass is 9.92. The van der Waals surface area contributed by atoms with Crippen LogP contribution in [0.4, 0.5) is 0 Å². The summed E-state index contributed by atoms with van der Waals surface area (Å²) in [6, 6.07) is 3.21. The van der Waals surface area contributed by atoms with Gasteiger partial charge in [-0.25, -0.2) is 0 Å². The van der Waals surface area contributed by atoms with Crippen molar-refractivity contribution < 1.29 is 14.3 Å². The fourth-order valence-corrected chi connectivity index (χ4v) is 2.66. The number of carbonyl (C=O) groups is 2. The van der Waals surface area contributed by atoms with Gasteiger partial charge in [-0.2, -0.15) is 0 Å². The summed E-state index contributed by atoms with van der Waals surface area (Å²) in [5.74, 6) is 0.119. The molecule has 0 amide bonds. The van der Waals surface area contributed by atoms with Crippen LogP contribution in [-0.2, 0) is 4.79 Å². The van der Waals surface area contributed by atoms with E-state index in [1.54, 1.807) is 12.1 Å². The Bertz CT molecular complexity index is 453. The van der Waals surface area contributed by atoms with Gasteiger partial charge in [-0.3, -0.25) is 9.59 Å². The van der Waals surface area contributed by atoms with E-state index in [9.17, 15) is 9.59 Å². The van der Waals surface area contributed by atoms with Gasteiger partial charge >= 0.3 is 5.97 Å². The van der Waals surface area contributed by atoms with E-state index < -0.39 is 0 Å². The standard InChI is InChI=1S/C13H14Br2O3/c1-13(2,3)6-12(17)18-8-4-10(14)9(7-16)11(15)5-8/h4-5,7H,6H2,1-3H3. The molecule has 0 saturated carbocycles. The lowest BCUT2D eigenvalue weighted by Crippen LogP contribution is -2.17. The molecule has 0 atom stereocenters. The summed E-state index contributed by atoms with van der Waals surface area (Å²) in [4.78, 5) is 22.5. The molecule has 0 spiro atoms. The van der Waals surface area contributed by atoms with Crippen molar-refractivity contribution in [1.82, 2.24) is 0 Å². The van der Waals surface area contributed by atoms with Gasteiger partial charge in [-0.15, -0.1) is 0 Å². The highest BCUT2D eigenvalue weighted by molar-refractivity contribution is 9.11. The van der Waals surface area contributed by atoms with Crippen LogP contribution in [0.25, 0.3) is 0 Å². The van der Waals surface area contributed by atoms with Crippen LogP contribution in [0.5, 0.6) is 5.75 Å². The molecule has 0 saturated heterocycles. The summed E-state index contributed by atoms with van der Waals surface area (Å²) in [7, 11) is 0. The van der Waals surface area contributed by atoms with Gasteiger partial charge in [0.25, 0.3) is 0 Å². The Balaban J connectivity index is 2.87. The third-order valence-corrected chi connectivity index (χ3v) is 3.39. The van der Waals surface area contributed by atoms with Crippen LogP contribution in [-0.4, -0.2) is 12.3 Å². The van der Waals surface area contributed by atoms with Gasteiger partial charge < -0.3 is 4.74 Å². The number of hydrogen-bond donors (Lipinski definition) is 0. The lowest BCUT2D eigenvalue weighted by Gasteiger charge is -2.16. The minimum Gasteiger partial charge on any atom is -0.426 e. The first-order chi connectivity index (χ1) is 8.23. The zero-order valence-electron chi connectivity index (χ0n) is 10.4. The van der Waals surface area contributed by atoms with E-state index in [-0.39, 0.29) is 11.4 Å². The van der Waals surface area contributed by atoms with Crippen molar-refractivity contribution in [3.63, 3.8) is 0 Å². The second-order valence-electron chi connectivity index (χ2n) is 5.13. The van der Waals surface area contributed by atoms with Crippen molar-refractivity contribution in [2.75, 3.05) is 0 Å². The van der Waals surface area contributed by atoms with Crippen LogP contribution < -0.4 is 4.74 Å². The number of ether oxygens (including phenoxy) is 1. The second-order valence-corrected chi connectivity index (χ2v) is 6.84. The number of esters is 1. The molecule has 0 aliphatic heterocycles. The Morgan fingerprint density at radius 2 is 1.78 bits per heavy atom. The quantitative estimate of drug-likeness (QED) is 0.446. The molecule has 0 aliphatic carbocycles. The molecule has 0 N–H and O–H groups in total. The number of carbonyl (C=O) groups excluding carboxylic acids is 2. The Morgan fingerprint density at radius 3 is 2.17 bits per heavy atom. The summed E-state index contributed by atoms with van der Waals surface area (Å²) in [5.41, 5.74) is 0.375. The van der Waals surface area contributed by atoms with E-state index in [1.165, 1.54) is 0 Å². The van der Waals surface area contributed by atoms with Gasteiger partial charge in [0.05, 0.1) is 6.42 Å². The Morgan fingerprint density at radius 1 is 1.28 bits per heavy atom. The number of rotatable bonds is 3. The highest BCUT2D eigenvalue weighted by Gasteiger charge is 2.18. The van der Waals surface area contributed by atoms with Crippen LogP contribution in [0.2, 0.25) is 0 Å². The molecule has 0 aromatic heterocycles. The number of hydrogen-bond acceptors (Lipinski definition) is 3. The topological polar surface area (TPSA) is 43.4 Å². The lowest BCUT2D eigenvalue weighted by molar-refractivity contribution is -0.136. The Labute approximate surface area is 123 Å². The van der Waals surface area contributed by atoms with Crippen molar-refractivity contribution in [3.05, 3.63) is 26.6 Å². The van der Waals surface area contributed by atoms with Crippen LogP contribution in [0.15, 0.2) is 21.1 Å². The fourth-order valence-electron chi connectivity index (χ4n) is 1.33. The number of aldehydes is 1. The summed E-state index contributed by atoms with van der Waals surface area (Å²) in [5, 5.41) is 0. The Hall–Kier alpha value is -0.680. The number of benzene rings is 1. The van der Waals surface area contributed by atoms with E-state index in [2.05, 4.69) is 31.9 Å². The fraction of sp³-hybridized carbons (Fsp3) is 0.385. The molecule has 0 aliphatic rings. The second kappa shape index (κ2) is 5.97. The molecule has 3 nitrogen and oxygen atoms in total. The normalized spacial score (nSPS) is 11.2. The van der Waals surface area contributed by atoms with Crippen LogP contribution in [0.3, 0.4) is 0 Å². The molecule has 0 fully saturated rings. The Kier molecular flexibility index (Phi) is 5.10. The monoisotopic (exact) mass is 376 g/mol. The van der Waals surface area contributed by atoms with E-state index >= 15 is 0 Å². The third kappa shape index (κ3) is 4.53. The zero-order chi connectivity index (χ0) is 13.9. The first-order valence-electron chi connectivity index (χ1n) is 5.38. The predicted octanol–water partition coefficient (Wildman–Crippen LogP) is 4.37. The van der Waals surface area contributed by atoms with Gasteiger partial charge in [-0.05, 0) is 49.4 Å². The average molecular weight is 378 g/mol. The van der Waals surface area contributed by atoms with E-state index in [1.807, 2.05) is 20.8 Å². The van der Waals surface area contributed by atoms with Crippen molar-refractivity contribution in [1.29, 1.82) is 0 Å². The maximum atomic E-state index is 11.7. The molecule has 98 valence electrons. The molecular weight excluding hydrogens is 364 g/mol. The SMILES string of the molecule is CC(C)(C)CC(=O)Oc1cc(Br)c(C=O)c(Br)c1. The first-order valence-corrected chi connectivity index (χ1v) is 6.96. The maximum absolute atomic E-state index is 11.7. The van der Waals surface area contributed by atoms with Gasteiger partial charge in [0.2, 0.25) is 0 Å². The largest absolute Gasteiger partial charge is 0.426 e. The van der Waals surface area contributed by atoms with Crippen LogP contribution in [0.1, 0.15) is 37.6 Å². The van der Waals surface area contributed by atoms with E-state index in [4.69, 9.17) is 4.74 Å². The number of halogens is 2. The first kappa shape index (κ1) is 15.4. The molecular formula is C13H14Br2O3. The van der Waals surface area contributed by atoms with Crippen molar-refractivity contribution in [2.45, 2.75) is 27.2 Å². The highest BCUT2D eigenvalue weighted by atomic mass is 79.9. The molecule has 0 bridgehead atoms. The van der Waals surface area contributed by atoms with Gasteiger partial charge in [0.15, 0.2) is 6.29 Å². The molecule has 0 unspecified atom stereocenters. The smallest absolute Gasteiger partial charge is 0.311 e. The predicted molar refractivity (Wildman–Crippen MR) is 76.9 cm³/mol. The molecule has 0 heterocycles. The third-order valence-electron chi connectivity index (χ3n) is 2.08. The van der Waals surface area contributed by atoms with Crippen LogP contribution in [0, 0.1) is 5.41 Å². The zero-order valence-corrected chi connectivity index (χ0v) is 13.6. The summed E-state index contributed by atoms with van der Waals surface area (Å²) in [6.07, 6.45) is 1.06. The molecule has 5 heteroatoms. The maximum Gasteiger partial charge on any atom is 0.311 e. The summed E-state index contributed by atoms with van der Waals surface area (Å²) in [6.45, 7) is 5.90. The molecule has 1 aromatic rings. The van der Waals surface area contributed by atoms with Gasteiger partial charge in [-0.1, -0.05) is 20.8 Å². The minimum atomic E-state index is -0.292. The minimum absolute atomic E-state index is 0.117. The average Bonchev–Trinajstić information content (AvgIpc) is 2.13. The molecule has 18 heavy (non-hydrogen) atoms. The van der Waals surface area contributed by atoms with E-state index in [0.29, 0.717) is 26.7 Å². The van der Waals surface area contributed by atoms with Crippen molar-refractivity contribution >= 4 is 44.1 Å². The highest BCUT2D eigenvalue weighted by Crippen LogP contribution is 2.30. The van der Waals surface area contributed by atoms with E-state index in [0.717, 1.165) is 6.29 Å². The van der Waals surface area contributed by atoms with Gasteiger partial charge in [0, 0.05) is 14.5 Å². The summed E-state index contributed by atoms with van der Waals surface area (Å²) >= 11 is 6.51. The van der Waals surface area contributed by atoms with Crippen molar-refractivity contribution in [3.8, 4) is 5.75 Å². The summed E-state index contributed by atoms with van der Waals surface area (Å²) < 4.78 is 6.41. The molecule has 1 rings (SSSR count). The molecule has 1 aromatic carbocycles. The van der Waals surface area contributed by atoms with Crippen LogP contribution >= 0.6 is 31.9 Å².